The summed E-state index contributed by atoms with van der Waals surface area (Å²) in [6, 6.07) is 10.9. The molecule has 8 heteroatoms. The zero-order chi connectivity index (χ0) is 15.7. The van der Waals surface area contributed by atoms with E-state index in [1.54, 1.807) is 23.6 Å². The largest absolute Gasteiger partial charge is 0.422 e. The highest BCUT2D eigenvalue weighted by molar-refractivity contribution is 7.91. The van der Waals surface area contributed by atoms with Gasteiger partial charge in [0, 0.05) is 5.02 Å². The minimum absolute atomic E-state index is 0.0118. The van der Waals surface area contributed by atoms with Gasteiger partial charge in [0.25, 0.3) is 5.09 Å². The van der Waals surface area contributed by atoms with Crippen LogP contribution in [0.15, 0.2) is 56.2 Å². The average molecular weight is 351 g/mol. The summed E-state index contributed by atoms with van der Waals surface area (Å²) in [7, 11) is -3.97. The molecular weight excluding hydrogens is 344 g/mol. The van der Waals surface area contributed by atoms with Crippen LogP contribution in [0.3, 0.4) is 0 Å². The monoisotopic (exact) mass is 350 g/mol. The Balaban J connectivity index is 2.15. The van der Waals surface area contributed by atoms with Crippen molar-refractivity contribution in [2.75, 3.05) is 0 Å². The molecule has 2 heterocycles. The SMILES string of the molecule is N#Cc1nc(-c2cccs2)oc1S(=O)(=O)c1ccc(Cl)cc1. The number of hydrogen-bond donors (Lipinski definition) is 0. The van der Waals surface area contributed by atoms with Gasteiger partial charge in [0.05, 0.1) is 9.77 Å². The molecule has 3 rings (SSSR count). The number of nitrogens with zero attached hydrogens (tertiary/aromatic N) is 2. The maximum atomic E-state index is 12.6. The summed E-state index contributed by atoms with van der Waals surface area (Å²) < 4.78 is 30.5. The third-order valence-electron chi connectivity index (χ3n) is 2.80. The maximum absolute atomic E-state index is 12.6. The van der Waals surface area contributed by atoms with Crippen molar-refractivity contribution in [1.82, 2.24) is 4.98 Å². The molecule has 22 heavy (non-hydrogen) atoms. The van der Waals surface area contributed by atoms with E-state index < -0.39 is 14.9 Å². The van der Waals surface area contributed by atoms with Crippen LogP contribution < -0.4 is 0 Å². The third kappa shape index (κ3) is 2.52. The molecule has 110 valence electrons. The molecule has 0 aliphatic rings. The lowest BCUT2D eigenvalue weighted by atomic mass is 10.4. The second kappa shape index (κ2) is 5.57. The van der Waals surface area contributed by atoms with E-state index in [1.807, 2.05) is 0 Å². The fourth-order valence-corrected chi connectivity index (χ4v) is 3.80. The second-order valence-electron chi connectivity index (χ2n) is 4.20. The molecule has 0 unspecified atom stereocenters. The van der Waals surface area contributed by atoms with Crippen molar-refractivity contribution in [2.45, 2.75) is 9.99 Å². The van der Waals surface area contributed by atoms with E-state index in [1.165, 1.54) is 35.6 Å². The van der Waals surface area contributed by atoms with Crippen LogP contribution >= 0.6 is 22.9 Å². The summed E-state index contributed by atoms with van der Waals surface area (Å²) in [4.78, 5) is 4.59. The molecule has 5 nitrogen and oxygen atoms in total. The molecule has 0 fully saturated rings. The van der Waals surface area contributed by atoms with Gasteiger partial charge >= 0.3 is 0 Å². The number of oxazole rings is 1. The minimum Gasteiger partial charge on any atom is -0.422 e. The molecule has 1 aromatic carbocycles. The van der Waals surface area contributed by atoms with Gasteiger partial charge in [0.2, 0.25) is 15.7 Å². The quantitative estimate of drug-likeness (QED) is 0.718. The first-order chi connectivity index (χ1) is 10.5. The van der Waals surface area contributed by atoms with Crippen molar-refractivity contribution in [1.29, 1.82) is 5.26 Å². The van der Waals surface area contributed by atoms with Crippen molar-refractivity contribution >= 4 is 32.8 Å². The summed E-state index contributed by atoms with van der Waals surface area (Å²) in [5.74, 6) is 0.110. The predicted molar refractivity (Wildman–Crippen MR) is 81.4 cm³/mol. The van der Waals surface area contributed by atoms with E-state index in [9.17, 15) is 8.42 Å². The lowest BCUT2D eigenvalue weighted by Crippen LogP contribution is -2.02. The zero-order valence-electron chi connectivity index (χ0n) is 10.9. The van der Waals surface area contributed by atoms with Crippen LogP contribution in [0.25, 0.3) is 10.8 Å². The molecule has 0 atom stereocenters. The minimum atomic E-state index is -3.97. The number of aromatic nitrogens is 1. The Labute approximate surface area is 135 Å². The summed E-state index contributed by atoms with van der Waals surface area (Å²) in [5, 5.41) is 10.9. The zero-order valence-corrected chi connectivity index (χ0v) is 13.2. The van der Waals surface area contributed by atoms with Gasteiger partial charge in [0.15, 0.2) is 5.69 Å². The lowest BCUT2D eigenvalue weighted by molar-refractivity contribution is 0.458. The van der Waals surface area contributed by atoms with Crippen LogP contribution in [0, 0.1) is 11.3 Å². The molecule has 0 N–H and O–H groups in total. The average Bonchev–Trinajstić information content (AvgIpc) is 3.16. The fourth-order valence-electron chi connectivity index (χ4n) is 1.79. The number of benzene rings is 1. The summed E-state index contributed by atoms with van der Waals surface area (Å²) in [6.07, 6.45) is 0. The Kier molecular flexibility index (Phi) is 3.74. The third-order valence-corrected chi connectivity index (χ3v) is 5.57. The topological polar surface area (TPSA) is 84.0 Å². The molecule has 0 aliphatic carbocycles. The van der Waals surface area contributed by atoms with E-state index in [2.05, 4.69) is 4.98 Å². The van der Waals surface area contributed by atoms with Gasteiger partial charge in [-0.1, -0.05) is 17.7 Å². The van der Waals surface area contributed by atoms with E-state index in [-0.39, 0.29) is 16.5 Å². The first kappa shape index (κ1) is 14.8. The number of nitriles is 1. The first-order valence-electron chi connectivity index (χ1n) is 5.98. The highest BCUT2D eigenvalue weighted by Crippen LogP contribution is 2.31. The van der Waals surface area contributed by atoms with Crippen LogP contribution in [0.4, 0.5) is 0 Å². The number of thiophene rings is 1. The predicted octanol–water partition coefficient (Wildman–Crippen LogP) is 3.76. The van der Waals surface area contributed by atoms with Gasteiger partial charge in [-0.05, 0) is 35.7 Å². The Morgan fingerprint density at radius 3 is 2.55 bits per heavy atom. The van der Waals surface area contributed by atoms with Crippen molar-refractivity contribution in [3.05, 3.63) is 52.5 Å². The lowest BCUT2D eigenvalue weighted by Gasteiger charge is -2.01. The summed E-state index contributed by atoms with van der Waals surface area (Å²) in [5.41, 5.74) is -0.265. The Morgan fingerprint density at radius 2 is 1.95 bits per heavy atom. The molecule has 0 saturated carbocycles. The maximum Gasteiger partial charge on any atom is 0.261 e. The Bertz CT molecular complexity index is 953. The second-order valence-corrected chi connectivity index (χ2v) is 7.43. The van der Waals surface area contributed by atoms with Gasteiger partial charge < -0.3 is 4.42 Å². The van der Waals surface area contributed by atoms with Crippen molar-refractivity contribution in [2.24, 2.45) is 0 Å². The standard InChI is InChI=1S/C14H7ClN2O3S2/c15-9-3-5-10(6-4-9)22(18,19)14-11(8-16)17-13(20-14)12-2-1-7-21-12/h1-7H. The number of hydrogen-bond acceptors (Lipinski definition) is 6. The van der Waals surface area contributed by atoms with Crippen LogP contribution in [-0.4, -0.2) is 13.4 Å². The molecule has 0 amide bonds. The summed E-state index contributed by atoms with van der Waals surface area (Å²) in [6.45, 7) is 0. The normalized spacial score (nSPS) is 11.3. The van der Waals surface area contributed by atoms with E-state index in [4.69, 9.17) is 21.3 Å². The number of halogens is 1. The molecular formula is C14H7ClN2O3S2. The van der Waals surface area contributed by atoms with Crippen molar-refractivity contribution in [3.8, 4) is 16.8 Å². The van der Waals surface area contributed by atoms with E-state index >= 15 is 0 Å². The van der Waals surface area contributed by atoms with Gasteiger partial charge in [-0.15, -0.1) is 11.3 Å². The van der Waals surface area contributed by atoms with E-state index in [0.29, 0.717) is 9.90 Å². The number of rotatable bonds is 3. The van der Waals surface area contributed by atoms with Crippen LogP contribution in [0.2, 0.25) is 5.02 Å². The van der Waals surface area contributed by atoms with Gasteiger partial charge in [0.1, 0.15) is 6.07 Å². The molecule has 2 aromatic heterocycles. The molecule has 3 aromatic rings. The van der Waals surface area contributed by atoms with Gasteiger partial charge in [-0.3, -0.25) is 0 Å². The first-order valence-corrected chi connectivity index (χ1v) is 8.72. The fraction of sp³-hybridized carbons (Fsp3) is 0. The number of sulfone groups is 1. The molecule has 0 radical (unpaired) electrons. The van der Waals surface area contributed by atoms with Crippen LogP contribution in [0.1, 0.15) is 5.69 Å². The summed E-state index contributed by atoms with van der Waals surface area (Å²) >= 11 is 7.10. The van der Waals surface area contributed by atoms with E-state index in [0.717, 1.165) is 0 Å². The Morgan fingerprint density at radius 1 is 1.23 bits per heavy atom. The molecule has 0 bridgehead atoms. The highest BCUT2D eigenvalue weighted by atomic mass is 35.5. The van der Waals surface area contributed by atoms with Gasteiger partial charge in [-0.25, -0.2) is 8.42 Å². The van der Waals surface area contributed by atoms with Crippen molar-refractivity contribution < 1.29 is 12.8 Å². The smallest absolute Gasteiger partial charge is 0.261 e. The van der Waals surface area contributed by atoms with Crippen LogP contribution in [0.5, 0.6) is 0 Å². The Hall–Kier alpha value is -2.14. The molecule has 0 aliphatic heterocycles. The van der Waals surface area contributed by atoms with Crippen molar-refractivity contribution in [3.63, 3.8) is 0 Å². The highest BCUT2D eigenvalue weighted by Gasteiger charge is 2.29. The van der Waals surface area contributed by atoms with Crippen LogP contribution in [-0.2, 0) is 9.84 Å². The van der Waals surface area contributed by atoms with Gasteiger partial charge in [-0.2, -0.15) is 10.2 Å². The molecule has 0 saturated heterocycles. The molecule has 0 spiro atoms.